The van der Waals surface area contributed by atoms with E-state index in [1.54, 1.807) is 18.2 Å². The Morgan fingerprint density at radius 2 is 2.04 bits per heavy atom. The lowest BCUT2D eigenvalue weighted by Crippen LogP contribution is -2.34. The molecule has 4 nitrogen and oxygen atoms in total. The molecule has 0 saturated heterocycles. The van der Waals surface area contributed by atoms with E-state index in [0.717, 1.165) is 21.3 Å². The Bertz CT molecular complexity index is 747. The maximum absolute atomic E-state index is 12.8. The molecular weight excluding hydrogens is 363 g/mol. The summed E-state index contributed by atoms with van der Waals surface area (Å²) in [5.74, 6) is -0.558. The predicted molar refractivity (Wildman–Crippen MR) is 88.4 cm³/mol. The van der Waals surface area contributed by atoms with E-state index < -0.39 is 6.10 Å². The lowest BCUT2D eigenvalue weighted by atomic mass is 10.1. The number of rotatable bonds is 4. The van der Waals surface area contributed by atoms with Crippen LogP contribution < -0.4 is 10.8 Å². The minimum absolute atomic E-state index is 0.258. The summed E-state index contributed by atoms with van der Waals surface area (Å²) >= 11 is 3.41. The van der Waals surface area contributed by atoms with E-state index in [9.17, 15) is 9.18 Å². The monoisotopic (exact) mass is 376 g/mol. The van der Waals surface area contributed by atoms with Crippen LogP contribution in [0.25, 0.3) is 5.70 Å². The van der Waals surface area contributed by atoms with Crippen LogP contribution in [0.3, 0.4) is 0 Å². The Kier molecular flexibility index (Phi) is 4.73. The average molecular weight is 377 g/mol. The molecule has 3 rings (SSSR count). The van der Waals surface area contributed by atoms with E-state index in [1.165, 1.54) is 12.1 Å². The molecule has 1 atom stereocenters. The summed E-state index contributed by atoms with van der Waals surface area (Å²) in [6.45, 7) is 0.318. The van der Waals surface area contributed by atoms with Crippen LogP contribution in [0.5, 0.6) is 0 Å². The number of nitrogens with one attached hydrogen (secondary N) is 2. The van der Waals surface area contributed by atoms with E-state index in [2.05, 4.69) is 26.7 Å². The molecule has 1 aliphatic rings. The third-order valence-corrected chi connectivity index (χ3v) is 3.88. The van der Waals surface area contributed by atoms with Gasteiger partial charge in [-0.15, -0.1) is 0 Å². The van der Waals surface area contributed by atoms with Crippen molar-refractivity contribution >= 4 is 27.5 Å². The van der Waals surface area contributed by atoms with Crippen LogP contribution in [0.15, 0.2) is 59.1 Å². The van der Waals surface area contributed by atoms with E-state index in [-0.39, 0.29) is 11.7 Å². The molecule has 0 bridgehead atoms. The largest absolute Gasteiger partial charge is 0.349 e. The third kappa shape index (κ3) is 3.97. The number of carbonyl (C=O) groups excluding carboxylic acids is 1. The fourth-order valence-corrected chi connectivity index (χ4v) is 2.58. The second kappa shape index (κ2) is 6.93. The van der Waals surface area contributed by atoms with Crippen molar-refractivity contribution in [1.82, 2.24) is 10.8 Å². The highest BCUT2D eigenvalue weighted by Gasteiger charge is 2.24. The first-order valence-electron chi connectivity index (χ1n) is 7.03. The van der Waals surface area contributed by atoms with Crippen molar-refractivity contribution in [2.45, 2.75) is 12.6 Å². The van der Waals surface area contributed by atoms with Crippen LogP contribution in [-0.2, 0) is 16.2 Å². The summed E-state index contributed by atoms with van der Waals surface area (Å²) in [5, 5.41) is 2.76. The number of amides is 1. The molecule has 6 heteroatoms. The summed E-state index contributed by atoms with van der Waals surface area (Å²) in [6, 6.07) is 13.7. The van der Waals surface area contributed by atoms with Crippen LogP contribution in [0.4, 0.5) is 4.39 Å². The van der Waals surface area contributed by atoms with E-state index in [4.69, 9.17) is 4.84 Å². The van der Waals surface area contributed by atoms with Crippen molar-refractivity contribution in [3.05, 3.63) is 76.0 Å². The summed E-state index contributed by atoms with van der Waals surface area (Å²) in [7, 11) is 0. The number of hydrogen-bond donors (Lipinski definition) is 2. The lowest BCUT2D eigenvalue weighted by molar-refractivity contribution is -0.131. The zero-order valence-electron chi connectivity index (χ0n) is 12.1. The molecule has 0 saturated carbocycles. The van der Waals surface area contributed by atoms with E-state index >= 15 is 0 Å². The topological polar surface area (TPSA) is 50.4 Å². The molecule has 23 heavy (non-hydrogen) atoms. The zero-order valence-corrected chi connectivity index (χ0v) is 13.6. The second-order valence-corrected chi connectivity index (χ2v) is 5.99. The van der Waals surface area contributed by atoms with Gasteiger partial charge in [0.25, 0.3) is 5.91 Å². The third-order valence-electron chi connectivity index (χ3n) is 3.39. The van der Waals surface area contributed by atoms with Gasteiger partial charge in [-0.25, -0.2) is 4.39 Å². The quantitative estimate of drug-likeness (QED) is 0.861. The number of carbonyl (C=O) groups is 1. The molecule has 1 aliphatic heterocycles. The number of hydrogen-bond acceptors (Lipinski definition) is 3. The van der Waals surface area contributed by atoms with Crippen molar-refractivity contribution in [1.29, 1.82) is 0 Å². The summed E-state index contributed by atoms with van der Waals surface area (Å²) in [4.78, 5) is 17.4. The van der Waals surface area contributed by atoms with Gasteiger partial charge < -0.3 is 5.32 Å². The number of hydroxylamine groups is 1. The fraction of sp³-hybridized carbons (Fsp3) is 0.118. The van der Waals surface area contributed by atoms with E-state index in [0.29, 0.717) is 6.54 Å². The summed E-state index contributed by atoms with van der Waals surface area (Å²) < 4.78 is 13.8. The molecule has 118 valence electrons. The second-order valence-electron chi connectivity index (χ2n) is 5.08. The van der Waals surface area contributed by atoms with Crippen molar-refractivity contribution in [2.75, 3.05) is 0 Å². The SMILES string of the molecule is O=C(NCc1ccc(F)cc1)[C@@H]1C=C(c2cccc(Br)c2)NO1. The molecule has 1 amide bonds. The maximum Gasteiger partial charge on any atom is 0.256 e. The first-order chi connectivity index (χ1) is 11.1. The molecule has 2 aromatic carbocycles. The molecule has 2 N–H and O–H groups in total. The smallest absolute Gasteiger partial charge is 0.256 e. The standard InChI is InChI=1S/C17H14BrFN2O2/c18-13-3-1-2-12(8-13)15-9-16(23-21-15)17(22)20-10-11-4-6-14(19)7-5-11/h1-9,16,21H,10H2,(H,20,22)/t16-/m0/s1. The van der Waals surface area contributed by atoms with Crippen LogP contribution >= 0.6 is 15.9 Å². The Labute approximate surface area is 141 Å². The van der Waals surface area contributed by atoms with Gasteiger partial charge in [0.1, 0.15) is 5.82 Å². The molecule has 0 radical (unpaired) electrons. The van der Waals surface area contributed by atoms with Gasteiger partial charge in [-0.3, -0.25) is 15.1 Å². The highest BCUT2D eigenvalue weighted by molar-refractivity contribution is 9.10. The normalized spacial score (nSPS) is 16.6. The van der Waals surface area contributed by atoms with Crippen LogP contribution in [-0.4, -0.2) is 12.0 Å². The zero-order chi connectivity index (χ0) is 16.2. The highest BCUT2D eigenvalue weighted by atomic mass is 79.9. The summed E-state index contributed by atoms with van der Waals surface area (Å²) in [6.07, 6.45) is 1.02. The van der Waals surface area contributed by atoms with Crippen LogP contribution in [0.2, 0.25) is 0 Å². The van der Waals surface area contributed by atoms with Gasteiger partial charge >= 0.3 is 0 Å². The van der Waals surface area contributed by atoms with Gasteiger partial charge in [-0.05, 0) is 35.9 Å². The lowest BCUT2D eigenvalue weighted by Gasteiger charge is -2.09. The molecule has 0 aromatic heterocycles. The van der Waals surface area contributed by atoms with Crippen molar-refractivity contribution in [3.8, 4) is 0 Å². The minimum Gasteiger partial charge on any atom is -0.349 e. The highest BCUT2D eigenvalue weighted by Crippen LogP contribution is 2.21. The van der Waals surface area contributed by atoms with Gasteiger partial charge in [0.2, 0.25) is 0 Å². The molecule has 1 heterocycles. The molecule has 0 unspecified atom stereocenters. The molecule has 0 spiro atoms. The van der Waals surface area contributed by atoms with Crippen molar-refractivity contribution < 1.29 is 14.0 Å². The first kappa shape index (κ1) is 15.7. The molecule has 0 aliphatic carbocycles. The van der Waals surface area contributed by atoms with E-state index in [1.807, 2.05) is 24.3 Å². The first-order valence-corrected chi connectivity index (χ1v) is 7.83. The minimum atomic E-state index is -0.704. The van der Waals surface area contributed by atoms with Gasteiger partial charge in [-0.1, -0.05) is 40.2 Å². The number of halogens is 2. The fourth-order valence-electron chi connectivity index (χ4n) is 2.18. The van der Waals surface area contributed by atoms with Gasteiger partial charge in [-0.2, -0.15) is 0 Å². The Morgan fingerprint density at radius 3 is 2.78 bits per heavy atom. The Balaban J connectivity index is 1.61. The Morgan fingerprint density at radius 1 is 1.26 bits per heavy atom. The molecule has 0 fully saturated rings. The summed E-state index contributed by atoms with van der Waals surface area (Å²) in [5.41, 5.74) is 5.26. The van der Waals surface area contributed by atoms with Crippen LogP contribution in [0.1, 0.15) is 11.1 Å². The molecular formula is C17H14BrFN2O2. The Hall–Kier alpha value is -2.18. The predicted octanol–water partition coefficient (Wildman–Crippen LogP) is 3.15. The molecule has 2 aromatic rings. The van der Waals surface area contributed by atoms with Crippen molar-refractivity contribution in [3.63, 3.8) is 0 Å². The number of benzene rings is 2. The maximum atomic E-state index is 12.8. The van der Waals surface area contributed by atoms with Gasteiger partial charge in [0.15, 0.2) is 6.10 Å². The van der Waals surface area contributed by atoms with Crippen molar-refractivity contribution in [2.24, 2.45) is 0 Å². The van der Waals surface area contributed by atoms with Gasteiger partial charge in [0.05, 0.1) is 5.70 Å². The van der Waals surface area contributed by atoms with Crippen LogP contribution in [0, 0.1) is 5.82 Å². The average Bonchev–Trinajstić information content (AvgIpc) is 3.04. The van der Waals surface area contributed by atoms with Gasteiger partial charge in [0, 0.05) is 16.6 Å².